The Kier molecular flexibility index (Phi) is 8.17. The van der Waals surface area contributed by atoms with Gasteiger partial charge in [-0.05, 0) is 63.8 Å². The van der Waals surface area contributed by atoms with E-state index in [1.54, 1.807) is 12.4 Å². The van der Waals surface area contributed by atoms with Gasteiger partial charge in [-0.15, -0.1) is 0 Å². The summed E-state index contributed by atoms with van der Waals surface area (Å²) in [7, 11) is 0. The second kappa shape index (κ2) is 11.0. The van der Waals surface area contributed by atoms with Crippen molar-refractivity contribution in [2.24, 2.45) is 0 Å². The van der Waals surface area contributed by atoms with Gasteiger partial charge in [-0.2, -0.15) is 0 Å². The topological polar surface area (TPSA) is 62.7 Å². The van der Waals surface area contributed by atoms with Crippen molar-refractivity contribution in [3.05, 3.63) is 71.2 Å². The molecule has 2 heterocycles. The van der Waals surface area contributed by atoms with Crippen molar-refractivity contribution in [3.63, 3.8) is 0 Å². The molecule has 1 aromatic carbocycles. The normalized spacial score (nSPS) is 14.1. The molecule has 0 saturated carbocycles. The van der Waals surface area contributed by atoms with Gasteiger partial charge in [-0.3, -0.25) is 19.5 Å². The SMILES string of the molecule is CCN(CCc1ccncc1)C1=C(c2ccc(C)cc2)C(=O)N(CCCOC(C)C)C1=O. The number of ether oxygens (including phenoxy) is 1. The summed E-state index contributed by atoms with van der Waals surface area (Å²) in [5.41, 5.74) is 4.04. The van der Waals surface area contributed by atoms with Gasteiger partial charge in [-0.25, -0.2) is 0 Å². The van der Waals surface area contributed by atoms with E-state index in [1.807, 2.05) is 69.0 Å². The maximum absolute atomic E-state index is 13.5. The minimum absolute atomic E-state index is 0.126. The van der Waals surface area contributed by atoms with Crippen LogP contribution in [0.15, 0.2) is 54.5 Å². The first-order valence-corrected chi connectivity index (χ1v) is 11.3. The molecule has 3 rings (SSSR count). The fraction of sp³-hybridized carbons (Fsp3) is 0.423. The summed E-state index contributed by atoms with van der Waals surface area (Å²) in [5, 5.41) is 0. The number of hydrogen-bond acceptors (Lipinski definition) is 5. The molecule has 0 radical (unpaired) electrons. The van der Waals surface area contributed by atoms with E-state index in [9.17, 15) is 9.59 Å². The molecule has 0 bridgehead atoms. The highest BCUT2D eigenvalue weighted by Gasteiger charge is 2.40. The molecule has 1 aliphatic rings. The molecule has 0 saturated heterocycles. The summed E-state index contributed by atoms with van der Waals surface area (Å²) in [4.78, 5) is 34.3. The van der Waals surface area contributed by atoms with Crippen molar-refractivity contribution in [1.82, 2.24) is 14.8 Å². The second-order valence-electron chi connectivity index (χ2n) is 8.31. The third-order valence-electron chi connectivity index (χ3n) is 5.58. The number of hydrogen-bond donors (Lipinski definition) is 0. The second-order valence-corrected chi connectivity index (χ2v) is 8.31. The van der Waals surface area contributed by atoms with E-state index in [2.05, 4.69) is 4.98 Å². The fourth-order valence-electron chi connectivity index (χ4n) is 3.82. The molecule has 0 unspecified atom stereocenters. The highest BCUT2D eigenvalue weighted by atomic mass is 16.5. The van der Waals surface area contributed by atoms with Crippen molar-refractivity contribution in [2.75, 3.05) is 26.2 Å². The number of aromatic nitrogens is 1. The minimum Gasteiger partial charge on any atom is -0.379 e. The number of carbonyl (C=O) groups excluding carboxylic acids is 2. The Balaban J connectivity index is 1.87. The Labute approximate surface area is 190 Å². The van der Waals surface area contributed by atoms with Crippen LogP contribution in [-0.2, 0) is 20.7 Å². The van der Waals surface area contributed by atoms with E-state index in [0.29, 0.717) is 43.9 Å². The molecule has 0 N–H and O–H groups in total. The third-order valence-corrected chi connectivity index (χ3v) is 5.58. The molecular weight excluding hydrogens is 402 g/mol. The quantitative estimate of drug-likeness (QED) is 0.396. The van der Waals surface area contributed by atoms with Crippen LogP contribution in [0, 0.1) is 6.92 Å². The maximum atomic E-state index is 13.5. The summed E-state index contributed by atoms with van der Waals surface area (Å²) >= 11 is 0. The molecule has 2 aromatic rings. The first kappa shape index (κ1) is 23.7. The predicted molar refractivity (Wildman–Crippen MR) is 126 cm³/mol. The number of carbonyl (C=O) groups is 2. The molecule has 6 nitrogen and oxygen atoms in total. The maximum Gasteiger partial charge on any atom is 0.277 e. The highest BCUT2D eigenvalue weighted by Crippen LogP contribution is 2.32. The molecule has 170 valence electrons. The monoisotopic (exact) mass is 435 g/mol. The van der Waals surface area contributed by atoms with E-state index in [-0.39, 0.29) is 17.9 Å². The number of benzene rings is 1. The van der Waals surface area contributed by atoms with Crippen LogP contribution in [0.3, 0.4) is 0 Å². The van der Waals surface area contributed by atoms with E-state index in [0.717, 1.165) is 23.1 Å². The number of pyridine rings is 1. The van der Waals surface area contributed by atoms with Crippen LogP contribution in [-0.4, -0.2) is 58.9 Å². The summed E-state index contributed by atoms with van der Waals surface area (Å²) in [6, 6.07) is 11.8. The first-order valence-electron chi connectivity index (χ1n) is 11.3. The fourth-order valence-corrected chi connectivity index (χ4v) is 3.82. The number of rotatable bonds is 11. The Hall–Kier alpha value is -2.99. The molecule has 32 heavy (non-hydrogen) atoms. The lowest BCUT2D eigenvalue weighted by Gasteiger charge is -2.25. The number of likely N-dealkylation sites (N-methyl/N-ethyl adjacent to an activating group) is 1. The first-order chi connectivity index (χ1) is 15.4. The molecule has 0 aliphatic carbocycles. The van der Waals surface area contributed by atoms with E-state index >= 15 is 0 Å². The molecular formula is C26H33N3O3. The van der Waals surface area contributed by atoms with Gasteiger partial charge >= 0.3 is 0 Å². The third kappa shape index (κ3) is 5.62. The number of nitrogens with zero attached hydrogens (tertiary/aromatic N) is 3. The molecule has 0 spiro atoms. The van der Waals surface area contributed by atoms with Crippen LogP contribution >= 0.6 is 0 Å². The standard InChI is InChI=1S/C26H33N3O3/c1-5-28(17-13-21-11-14-27-15-12-21)24-23(22-9-7-20(4)8-10-22)25(30)29(26(24)31)16-6-18-32-19(2)3/h7-12,14-15,19H,5-6,13,16-18H2,1-4H3. The minimum atomic E-state index is -0.222. The van der Waals surface area contributed by atoms with Crippen molar-refractivity contribution in [1.29, 1.82) is 0 Å². The van der Waals surface area contributed by atoms with Crippen LogP contribution in [0.5, 0.6) is 0 Å². The largest absolute Gasteiger partial charge is 0.379 e. The highest BCUT2D eigenvalue weighted by molar-refractivity contribution is 6.35. The van der Waals surface area contributed by atoms with Gasteiger partial charge in [0.2, 0.25) is 0 Å². The zero-order valence-electron chi connectivity index (χ0n) is 19.5. The van der Waals surface area contributed by atoms with Crippen LogP contribution in [0.25, 0.3) is 5.57 Å². The summed E-state index contributed by atoms with van der Waals surface area (Å²) in [6.45, 7) is 10.1. The molecule has 1 aromatic heterocycles. The zero-order chi connectivity index (χ0) is 23.1. The summed E-state index contributed by atoms with van der Waals surface area (Å²) in [6.07, 6.45) is 5.06. The van der Waals surface area contributed by atoms with Gasteiger partial charge in [0.25, 0.3) is 11.8 Å². The van der Waals surface area contributed by atoms with E-state index < -0.39 is 0 Å². The predicted octanol–water partition coefficient (Wildman–Crippen LogP) is 3.85. The van der Waals surface area contributed by atoms with Crippen molar-refractivity contribution >= 4 is 17.4 Å². The average Bonchev–Trinajstić information content (AvgIpc) is 3.03. The van der Waals surface area contributed by atoms with Gasteiger partial charge in [0.15, 0.2) is 0 Å². The molecule has 6 heteroatoms. The zero-order valence-corrected chi connectivity index (χ0v) is 19.5. The van der Waals surface area contributed by atoms with E-state index in [1.165, 1.54) is 4.90 Å². The number of imide groups is 1. The van der Waals surface area contributed by atoms with E-state index in [4.69, 9.17) is 4.74 Å². The van der Waals surface area contributed by atoms with Crippen LogP contribution in [0.2, 0.25) is 0 Å². The number of aryl methyl sites for hydroxylation is 1. The van der Waals surface area contributed by atoms with Crippen molar-refractivity contribution in [3.8, 4) is 0 Å². The van der Waals surface area contributed by atoms with Gasteiger partial charge in [0, 0.05) is 38.6 Å². The van der Waals surface area contributed by atoms with Gasteiger partial charge in [0.05, 0.1) is 11.7 Å². The van der Waals surface area contributed by atoms with Gasteiger partial charge in [0.1, 0.15) is 5.70 Å². The smallest absolute Gasteiger partial charge is 0.277 e. The van der Waals surface area contributed by atoms with Gasteiger partial charge in [-0.1, -0.05) is 29.8 Å². The van der Waals surface area contributed by atoms with Crippen LogP contribution in [0.1, 0.15) is 43.9 Å². The molecule has 1 aliphatic heterocycles. The lowest BCUT2D eigenvalue weighted by atomic mass is 10.0. The molecule has 0 fully saturated rings. The Morgan fingerprint density at radius 2 is 1.72 bits per heavy atom. The summed E-state index contributed by atoms with van der Waals surface area (Å²) in [5.74, 6) is -0.438. The van der Waals surface area contributed by atoms with Crippen LogP contribution < -0.4 is 0 Å². The number of amides is 2. The molecule has 0 atom stereocenters. The Morgan fingerprint density at radius 1 is 1.03 bits per heavy atom. The lowest BCUT2D eigenvalue weighted by Crippen LogP contribution is -2.37. The van der Waals surface area contributed by atoms with Crippen LogP contribution in [0.4, 0.5) is 0 Å². The lowest BCUT2D eigenvalue weighted by molar-refractivity contribution is -0.137. The summed E-state index contributed by atoms with van der Waals surface area (Å²) < 4.78 is 5.60. The Morgan fingerprint density at radius 3 is 2.34 bits per heavy atom. The Bertz CT molecular complexity index is 952. The molecule has 2 amide bonds. The average molecular weight is 436 g/mol. The van der Waals surface area contributed by atoms with Gasteiger partial charge < -0.3 is 9.64 Å². The van der Waals surface area contributed by atoms with Crippen molar-refractivity contribution < 1.29 is 14.3 Å². The van der Waals surface area contributed by atoms with Crippen molar-refractivity contribution in [2.45, 2.75) is 46.6 Å².